The van der Waals surface area contributed by atoms with Crippen LogP contribution < -0.4 is 5.19 Å². The van der Waals surface area contributed by atoms with E-state index in [0.717, 1.165) is 46.2 Å². The zero-order valence-electron chi connectivity index (χ0n) is 36.7. The van der Waals surface area contributed by atoms with Gasteiger partial charge in [-0.05, 0) is 97.8 Å². The zero-order valence-corrected chi connectivity index (χ0v) is 37.7. The number of hydrogen-bond donors (Lipinski definition) is 0. The molecule has 1 heterocycles. The number of hydrogen-bond acceptors (Lipinski definition) is 3. The van der Waals surface area contributed by atoms with Gasteiger partial charge in [-0.15, -0.1) is 0 Å². The molecular weight excluding hydrogens is 779 g/mol. The lowest BCUT2D eigenvalue weighted by molar-refractivity contribution is 0.491. The van der Waals surface area contributed by atoms with Gasteiger partial charge in [-0.3, -0.25) is 0 Å². The van der Waals surface area contributed by atoms with Crippen LogP contribution >= 0.6 is 0 Å². The quantitative estimate of drug-likeness (QED) is 0.129. The molecule has 9 aromatic rings. The van der Waals surface area contributed by atoms with E-state index < -0.39 is 8.07 Å². The first-order valence-corrected chi connectivity index (χ1v) is 25.8. The fraction of sp³-hybridized carbons (Fsp3) is 0.136. The Morgan fingerprint density at radius 2 is 0.667 bits per heavy atom. The number of aromatic nitrogens is 3. The molecule has 306 valence electrons. The summed E-state index contributed by atoms with van der Waals surface area (Å²) in [7, 11) is -1.37. The van der Waals surface area contributed by atoms with Gasteiger partial charge in [0.05, 0.1) is 8.07 Å². The van der Waals surface area contributed by atoms with Gasteiger partial charge in [-0.2, -0.15) is 0 Å². The van der Waals surface area contributed by atoms with E-state index in [2.05, 4.69) is 215 Å². The molecule has 3 nitrogen and oxygen atoms in total. The lowest BCUT2D eigenvalue weighted by Crippen LogP contribution is -2.37. The molecule has 0 amide bonds. The molecule has 0 bridgehead atoms. The molecule has 1 aromatic heterocycles. The normalized spacial score (nSPS) is 12.8. The Balaban J connectivity index is 0.999. The second-order valence-electron chi connectivity index (χ2n) is 17.9. The average molecular weight is 830 g/mol. The van der Waals surface area contributed by atoms with E-state index in [9.17, 15) is 0 Å². The van der Waals surface area contributed by atoms with Crippen LogP contribution in [0.1, 0.15) is 37.8 Å². The molecule has 0 aliphatic heterocycles. The van der Waals surface area contributed by atoms with Crippen molar-refractivity contribution >= 4 is 13.3 Å². The van der Waals surface area contributed by atoms with Gasteiger partial charge in [0.15, 0.2) is 17.5 Å². The molecule has 8 aromatic carbocycles. The van der Waals surface area contributed by atoms with Crippen molar-refractivity contribution in [3.63, 3.8) is 0 Å². The molecule has 0 unspecified atom stereocenters. The Morgan fingerprint density at radius 3 is 1.13 bits per heavy atom. The van der Waals surface area contributed by atoms with Gasteiger partial charge in [0.1, 0.15) is 0 Å². The van der Waals surface area contributed by atoms with Crippen LogP contribution in [0, 0.1) is 0 Å². The third kappa shape index (κ3) is 7.55. The summed E-state index contributed by atoms with van der Waals surface area (Å²) in [6.07, 6.45) is 2.08. The minimum atomic E-state index is -1.37. The molecular formula is C59H51N3Si. The largest absolute Gasteiger partial charge is 0.208 e. The summed E-state index contributed by atoms with van der Waals surface area (Å²) in [6, 6.07) is 70.2. The van der Waals surface area contributed by atoms with Crippen LogP contribution in [0.3, 0.4) is 0 Å². The Hall–Kier alpha value is -7.01. The van der Waals surface area contributed by atoms with Crippen LogP contribution in [0.5, 0.6) is 0 Å². The Kier molecular flexibility index (Phi) is 10.4. The molecule has 1 aliphatic rings. The predicted octanol–water partition coefficient (Wildman–Crippen LogP) is 15.2. The highest BCUT2D eigenvalue weighted by atomic mass is 28.3. The van der Waals surface area contributed by atoms with Crippen molar-refractivity contribution in [1.29, 1.82) is 0 Å². The van der Waals surface area contributed by atoms with Crippen molar-refractivity contribution in [3.8, 4) is 89.8 Å². The first-order chi connectivity index (χ1) is 30.7. The summed E-state index contributed by atoms with van der Waals surface area (Å²) >= 11 is 0. The summed E-state index contributed by atoms with van der Waals surface area (Å²) in [5.74, 6) is 1.93. The number of benzene rings is 8. The van der Waals surface area contributed by atoms with Gasteiger partial charge in [-0.1, -0.05) is 215 Å². The number of rotatable bonds is 10. The van der Waals surface area contributed by atoms with Crippen molar-refractivity contribution in [2.45, 2.75) is 51.7 Å². The topological polar surface area (TPSA) is 38.7 Å². The van der Waals surface area contributed by atoms with Crippen molar-refractivity contribution in [2.75, 3.05) is 0 Å². The van der Waals surface area contributed by atoms with Crippen LogP contribution in [0.15, 0.2) is 194 Å². The van der Waals surface area contributed by atoms with Crippen LogP contribution in [-0.2, 0) is 5.41 Å². The van der Waals surface area contributed by atoms with Gasteiger partial charge < -0.3 is 0 Å². The lowest BCUT2D eigenvalue weighted by Gasteiger charge is -2.30. The van der Waals surface area contributed by atoms with Gasteiger partial charge in [0.2, 0.25) is 0 Å². The summed E-state index contributed by atoms with van der Waals surface area (Å²) < 4.78 is 0. The zero-order chi connectivity index (χ0) is 43.1. The van der Waals surface area contributed by atoms with E-state index >= 15 is 0 Å². The Bertz CT molecular complexity index is 3070. The second kappa shape index (κ2) is 16.4. The lowest BCUT2D eigenvalue weighted by atomic mass is 9.73. The highest BCUT2D eigenvalue weighted by Crippen LogP contribution is 2.54. The molecule has 0 saturated heterocycles. The maximum absolute atomic E-state index is 5.14. The van der Waals surface area contributed by atoms with Crippen molar-refractivity contribution in [2.24, 2.45) is 0 Å². The first-order valence-electron chi connectivity index (χ1n) is 22.3. The third-order valence-corrected chi connectivity index (χ3v) is 15.3. The van der Waals surface area contributed by atoms with Gasteiger partial charge >= 0.3 is 0 Å². The summed E-state index contributed by atoms with van der Waals surface area (Å²) in [4.78, 5) is 15.4. The number of nitrogens with zero attached hydrogens (tertiary/aromatic N) is 3. The molecule has 1 aliphatic carbocycles. The molecule has 0 N–H and O–H groups in total. The molecule has 0 radical (unpaired) electrons. The third-order valence-electron chi connectivity index (χ3n) is 13.2. The van der Waals surface area contributed by atoms with E-state index in [0.29, 0.717) is 17.5 Å². The van der Waals surface area contributed by atoms with Gasteiger partial charge in [0.25, 0.3) is 0 Å². The van der Waals surface area contributed by atoms with Crippen LogP contribution in [0.2, 0.25) is 19.6 Å². The van der Waals surface area contributed by atoms with Crippen molar-refractivity contribution in [3.05, 3.63) is 205 Å². The predicted molar refractivity (Wildman–Crippen MR) is 268 cm³/mol. The summed E-state index contributed by atoms with van der Waals surface area (Å²) in [5.41, 5.74) is 17.9. The molecule has 4 heteroatoms. The average Bonchev–Trinajstić information content (AvgIpc) is 3.62. The minimum absolute atomic E-state index is 0.0519. The summed E-state index contributed by atoms with van der Waals surface area (Å²) in [5, 5.41) is 1.49. The van der Waals surface area contributed by atoms with Crippen molar-refractivity contribution < 1.29 is 0 Å². The minimum Gasteiger partial charge on any atom is -0.208 e. The van der Waals surface area contributed by atoms with Gasteiger partial charge in [0, 0.05) is 22.1 Å². The molecule has 0 fully saturated rings. The van der Waals surface area contributed by atoms with E-state index in [4.69, 9.17) is 15.0 Å². The van der Waals surface area contributed by atoms with E-state index in [1.54, 1.807) is 0 Å². The second-order valence-corrected chi connectivity index (χ2v) is 23.0. The molecule has 0 atom stereocenters. The maximum atomic E-state index is 5.14. The van der Waals surface area contributed by atoms with Crippen molar-refractivity contribution in [1.82, 2.24) is 15.0 Å². The fourth-order valence-electron chi connectivity index (χ4n) is 9.51. The Morgan fingerprint density at radius 1 is 0.333 bits per heavy atom. The Labute approximate surface area is 373 Å². The molecule has 0 saturated carbocycles. The van der Waals surface area contributed by atoms with Crippen LogP contribution in [0.25, 0.3) is 89.8 Å². The SMILES string of the molecule is CCC1(CC)c2cc(-c3ccc(-c4nc(-c5ccc(-c6ccccc6)cc5)nc(-c5cccc(-c6ccccc6)c5)n4)cc3)ccc2-c2ccc(-c3ccc([Si](C)(C)C)cc3)cc21. The van der Waals surface area contributed by atoms with Crippen LogP contribution in [-0.4, -0.2) is 23.0 Å². The van der Waals surface area contributed by atoms with Gasteiger partial charge in [-0.25, -0.2) is 15.0 Å². The highest BCUT2D eigenvalue weighted by Gasteiger charge is 2.41. The first kappa shape index (κ1) is 40.1. The van der Waals surface area contributed by atoms with E-state index in [-0.39, 0.29) is 5.41 Å². The molecule has 0 spiro atoms. The fourth-order valence-corrected chi connectivity index (χ4v) is 10.7. The molecule has 63 heavy (non-hydrogen) atoms. The highest BCUT2D eigenvalue weighted by molar-refractivity contribution is 6.88. The summed E-state index contributed by atoms with van der Waals surface area (Å²) in [6.45, 7) is 11.9. The van der Waals surface area contributed by atoms with E-state index in [1.807, 2.05) is 12.1 Å². The maximum Gasteiger partial charge on any atom is 0.164 e. The molecule has 10 rings (SSSR count). The standard InChI is InChI=1S/C59H51N3Si/c1-6-59(7-2)54-38-48(31-35-52(54)53-36-32-49(39-55(53)59)44-29-33-51(34-30-44)63(3,4)5)43-23-27-46(28-24-43)57-60-56(45-25-21-42(22-26-45)40-15-10-8-11-16-40)61-58(62-57)50-20-14-19-47(37-50)41-17-12-9-13-18-41/h8-39H,6-7H2,1-5H3. The van der Waals surface area contributed by atoms with Crippen LogP contribution in [0.4, 0.5) is 0 Å². The van der Waals surface area contributed by atoms with E-state index in [1.165, 1.54) is 55.3 Å². The monoisotopic (exact) mass is 829 g/mol. The number of fused-ring (bicyclic) bond motifs is 3. The smallest absolute Gasteiger partial charge is 0.164 e.